The fraction of sp³-hybridized carbons (Fsp3) is 0.125. The minimum atomic E-state index is -3.54. The van der Waals surface area contributed by atoms with Crippen molar-refractivity contribution in [3.63, 3.8) is 0 Å². The van der Waals surface area contributed by atoms with Crippen molar-refractivity contribution < 1.29 is 28.2 Å². The van der Waals surface area contributed by atoms with Crippen LogP contribution >= 0.6 is 0 Å². The predicted octanol–water partition coefficient (Wildman–Crippen LogP) is 1.14. The Morgan fingerprint density at radius 3 is 2.08 bits per heavy atom. The number of sulfonamides is 1. The molecule has 0 aliphatic rings. The van der Waals surface area contributed by atoms with Crippen LogP contribution in [0.5, 0.6) is 0 Å². The number of carbonyl (C=O) groups is 2. The van der Waals surface area contributed by atoms with E-state index in [0.717, 1.165) is 5.56 Å². The van der Waals surface area contributed by atoms with Crippen molar-refractivity contribution in [2.45, 2.75) is 11.3 Å². The lowest BCUT2D eigenvalue weighted by molar-refractivity contribution is -0.159. The Morgan fingerprint density at radius 2 is 1.56 bits per heavy atom. The summed E-state index contributed by atoms with van der Waals surface area (Å²) in [6.45, 7) is 0.496. The molecule has 0 aliphatic carbocycles. The van der Waals surface area contributed by atoms with Crippen LogP contribution in [0.3, 0.4) is 0 Å². The molecule has 0 saturated heterocycles. The fourth-order valence-electron chi connectivity index (χ4n) is 1.76. The lowest BCUT2D eigenvalue weighted by Gasteiger charge is -2.09. The summed E-state index contributed by atoms with van der Waals surface area (Å²) in [6.07, 6.45) is 0.661. The summed E-state index contributed by atoms with van der Waals surface area (Å²) < 4.78 is 27.0. The van der Waals surface area contributed by atoms with Gasteiger partial charge in [-0.3, -0.25) is 4.72 Å². The monoisotopic (exact) mass is 366 g/mol. The lowest BCUT2D eigenvalue weighted by Crippen LogP contribution is -2.13. The number of hydrogen-bond donors (Lipinski definition) is 4. The minimum absolute atomic E-state index is 0.252. The molecule has 0 aliphatic heterocycles. The van der Waals surface area contributed by atoms with Gasteiger partial charge in [0.15, 0.2) is 0 Å². The van der Waals surface area contributed by atoms with Crippen LogP contribution < -0.4 is 10.5 Å². The zero-order valence-electron chi connectivity index (χ0n) is 13.1. The maximum atomic E-state index is 12.2. The van der Waals surface area contributed by atoms with E-state index in [4.69, 9.17) is 25.5 Å². The van der Waals surface area contributed by atoms with Crippen LogP contribution in [-0.2, 0) is 26.0 Å². The second-order valence-electron chi connectivity index (χ2n) is 4.77. The molecular formula is C16H18N2O6S. The summed E-state index contributed by atoms with van der Waals surface area (Å²) in [4.78, 5) is 18.5. The van der Waals surface area contributed by atoms with Gasteiger partial charge in [0, 0.05) is 5.69 Å². The molecule has 25 heavy (non-hydrogen) atoms. The third kappa shape index (κ3) is 7.02. The third-order valence-electron chi connectivity index (χ3n) is 2.85. The van der Waals surface area contributed by atoms with Crippen LogP contribution in [0.25, 0.3) is 0 Å². The number of nitrogens with two attached hydrogens (primary N) is 1. The highest BCUT2D eigenvalue weighted by atomic mass is 32.2. The zero-order valence-corrected chi connectivity index (χ0v) is 13.9. The van der Waals surface area contributed by atoms with Gasteiger partial charge in [-0.05, 0) is 42.8 Å². The van der Waals surface area contributed by atoms with E-state index in [2.05, 4.69) is 4.72 Å². The number of anilines is 1. The smallest absolute Gasteiger partial charge is 0.414 e. The van der Waals surface area contributed by atoms with E-state index in [-0.39, 0.29) is 4.90 Å². The second kappa shape index (κ2) is 9.40. The number of carboxylic acids is 2. The van der Waals surface area contributed by atoms with E-state index in [9.17, 15) is 8.42 Å². The van der Waals surface area contributed by atoms with Gasteiger partial charge in [-0.25, -0.2) is 18.0 Å². The van der Waals surface area contributed by atoms with Gasteiger partial charge in [0.2, 0.25) is 0 Å². The zero-order chi connectivity index (χ0) is 18.9. The SMILES string of the molecule is NCCc1cccc(S(=O)(=O)Nc2ccccc2)c1.O=C(O)C(=O)O. The van der Waals surface area contributed by atoms with Crippen LogP contribution in [-0.4, -0.2) is 37.1 Å². The van der Waals surface area contributed by atoms with Crippen molar-refractivity contribution >= 4 is 27.6 Å². The van der Waals surface area contributed by atoms with Crippen molar-refractivity contribution in [2.75, 3.05) is 11.3 Å². The minimum Gasteiger partial charge on any atom is -0.473 e. The number of aliphatic carboxylic acids is 2. The van der Waals surface area contributed by atoms with Crippen molar-refractivity contribution in [3.8, 4) is 0 Å². The summed E-state index contributed by atoms with van der Waals surface area (Å²) in [5.74, 6) is -3.65. The van der Waals surface area contributed by atoms with Crippen LogP contribution in [0.2, 0.25) is 0 Å². The molecule has 0 atom stereocenters. The largest absolute Gasteiger partial charge is 0.473 e. The van der Waals surface area contributed by atoms with E-state index in [1.165, 1.54) is 0 Å². The molecule has 0 saturated carbocycles. The summed E-state index contributed by atoms with van der Waals surface area (Å²) in [7, 11) is -3.54. The predicted molar refractivity (Wildman–Crippen MR) is 91.7 cm³/mol. The second-order valence-corrected chi connectivity index (χ2v) is 6.45. The lowest BCUT2D eigenvalue weighted by atomic mass is 10.2. The summed E-state index contributed by atoms with van der Waals surface area (Å²) in [5, 5.41) is 14.8. The molecular weight excluding hydrogens is 348 g/mol. The molecule has 134 valence electrons. The van der Waals surface area contributed by atoms with Crippen LogP contribution in [0, 0.1) is 0 Å². The van der Waals surface area contributed by atoms with Gasteiger partial charge in [0.25, 0.3) is 10.0 Å². The van der Waals surface area contributed by atoms with E-state index in [0.29, 0.717) is 18.7 Å². The fourth-order valence-corrected chi connectivity index (χ4v) is 2.88. The molecule has 2 aromatic rings. The molecule has 0 spiro atoms. The van der Waals surface area contributed by atoms with Crippen molar-refractivity contribution in [1.82, 2.24) is 0 Å². The highest BCUT2D eigenvalue weighted by Gasteiger charge is 2.14. The maximum absolute atomic E-state index is 12.2. The van der Waals surface area contributed by atoms with E-state index in [1.807, 2.05) is 12.1 Å². The molecule has 0 unspecified atom stereocenters. The quantitative estimate of drug-likeness (QED) is 0.580. The van der Waals surface area contributed by atoms with Gasteiger partial charge < -0.3 is 15.9 Å². The number of hydrogen-bond acceptors (Lipinski definition) is 5. The molecule has 0 fully saturated rings. The number of rotatable bonds is 5. The van der Waals surface area contributed by atoms with Gasteiger partial charge in [0.1, 0.15) is 0 Å². The standard InChI is InChI=1S/C14H16N2O2S.C2H2O4/c15-10-9-12-5-4-8-14(11-12)19(17,18)16-13-6-2-1-3-7-13;3-1(4)2(5)6/h1-8,11,16H,9-10,15H2;(H,3,4)(H,5,6). The molecule has 5 N–H and O–H groups in total. The highest BCUT2D eigenvalue weighted by Crippen LogP contribution is 2.16. The normalized spacial score (nSPS) is 10.3. The molecule has 0 heterocycles. The Balaban J connectivity index is 0.000000450. The Labute approximate surface area is 145 Å². The van der Waals surface area contributed by atoms with E-state index >= 15 is 0 Å². The maximum Gasteiger partial charge on any atom is 0.414 e. The molecule has 2 rings (SSSR count). The van der Waals surface area contributed by atoms with Crippen LogP contribution in [0.4, 0.5) is 5.69 Å². The molecule has 8 nitrogen and oxygen atoms in total. The Bertz CT molecular complexity index is 810. The molecule has 0 bridgehead atoms. The van der Waals surface area contributed by atoms with Gasteiger partial charge in [-0.1, -0.05) is 30.3 Å². The van der Waals surface area contributed by atoms with Crippen molar-refractivity contribution in [1.29, 1.82) is 0 Å². The molecule has 0 amide bonds. The van der Waals surface area contributed by atoms with E-state index < -0.39 is 22.0 Å². The molecule has 9 heteroatoms. The number of para-hydroxylation sites is 1. The Morgan fingerprint density at radius 1 is 0.960 bits per heavy atom. The Hall–Kier alpha value is -2.91. The topological polar surface area (TPSA) is 147 Å². The van der Waals surface area contributed by atoms with Gasteiger partial charge >= 0.3 is 11.9 Å². The van der Waals surface area contributed by atoms with Crippen molar-refractivity contribution in [2.24, 2.45) is 5.73 Å². The Kier molecular flexibility index (Phi) is 7.57. The summed E-state index contributed by atoms with van der Waals surface area (Å²) in [5.41, 5.74) is 6.94. The highest BCUT2D eigenvalue weighted by molar-refractivity contribution is 7.92. The molecule has 0 radical (unpaired) electrons. The summed E-state index contributed by atoms with van der Waals surface area (Å²) >= 11 is 0. The number of benzene rings is 2. The van der Waals surface area contributed by atoms with Crippen LogP contribution in [0.1, 0.15) is 5.56 Å². The number of carboxylic acid groups (broad SMARTS) is 2. The van der Waals surface area contributed by atoms with Crippen LogP contribution in [0.15, 0.2) is 59.5 Å². The molecule has 0 aromatic heterocycles. The van der Waals surface area contributed by atoms with Gasteiger partial charge in [-0.2, -0.15) is 0 Å². The number of nitrogens with one attached hydrogen (secondary N) is 1. The summed E-state index contributed by atoms with van der Waals surface area (Å²) in [6, 6.07) is 15.6. The third-order valence-corrected chi connectivity index (χ3v) is 4.23. The first-order valence-corrected chi connectivity index (χ1v) is 8.57. The first kappa shape index (κ1) is 20.1. The average molecular weight is 366 g/mol. The van der Waals surface area contributed by atoms with E-state index in [1.54, 1.807) is 42.5 Å². The van der Waals surface area contributed by atoms with Gasteiger partial charge in [0.05, 0.1) is 4.90 Å². The molecule has 2 aromatic carbocycles. The van der Waals surface area contributed by atoms with Crippen molar-refractivity contribution in [3.05, 3.63) is 60.2 Å². The average Bonchev–Trinajstić information content (AvgIpc) is 2.56. The first-order valence-electron chi connectivity index (χ1n) is 7.09. The first-order chi connectivity index (χ1) is 11.8. The van der Waals surface area contributed by atoms with Gasteiger partial charge in [-0.15, -0.1) is 0 Å².